The van der Waals surface area contributed by atoms with Crippen LogP contribution in [0.2, 0.25) is 39.3 Å². The van der Waals surface area contributed by atoms with Crippen molar-refractivity contribution >= 4 is 28.6 Å². The summed E-state index contributed by atoms with van der Waals surface area (Å²) >= 11 is 0. The highest BCUT2D eigenvalue weighted by molar-refractivity contribution is 6.71. The van der Waals surface area contributed by atoms with E-state index in [-0.39, 0.29) is 18.8 Å². The minimum absolute atomic E-state index is 0.159. The van der Waals surface area contributed by atoms with E-state index < -0.39 is 28.6 Å². The minimum Gasteiger partial charge on any atom is -0.520 e. The molecule has 5 nitrogen and oxygen atoms in total. The van der Waals surface area contributed by atoms with Crippen LogP contribution in [0.4, 0.5) is 0 Å². The van der Waals surface area contributed by atoms with E-state index in [1.54, 1.807) is 0 Å². The van der Waals surface area contributed by atoms with Gasteiger partial charge >= 0.3 is 5.97 Å². The van der Waals surface area contributed by atoms with Gasteiger partial charge in [0.25, 0.3) is 5.97 Å². The molecule has 1 unspecified atom stereocenters. The molecule has 0 aliphatic carbocycles. The Bertz CT molecular complexity index is 307. The molecule has 0 spiro atoms. The maximum Gasteiger partial charge on any atom is 0.309 e. The average Bonchev–Trinajstić information content (AvgIpc) is 2.08. The molecular weight excluding hydrogens is 266 g/mol. The monoisotopic (exact) mass is 291 g/mol. The van der Waals surface area contributed by atoms with E-state index in [2.05, 4.69) is 0 Å². The summed E-state index contributed by atoms with van der Waals surface area (Å²) in [7, 11) is -3.77. The van der Waals surface area contributed by atoms with E-state index in [1.807, 2.05) is 39.3 Å². The zero-order valence-electron chi connectivity index (χ0n) is 12.2. The molecular formula is C11H25NO4Si2. The van der Waals surface area contributed by atoms with Crippen LogP contribution < -0.4 is 5.73 Å². The van der Waals surface area contributed by atoms with Crippen LogP contribution in [0.3, 0.4) is 0 Å². The second kappa shape index (κ2) is 6.49. The molecule has 0 aromatic heterocycles. The first-order valence-electron chi connectivity index (χ1n) is 6.11. The molecule has 0 radical (unpaired) electrons. The largest absolute Gasteiger partial charge is 0.520 e. The summed E-state index contributed by atoms with van der Waals surface area (Å²) in [4.78, 5) is 23.1. The molecule has 0 amide bonds. The quantitative estimate of drug-likeness (QED) is 0.756. The Hall–Kier alpha value is -0.666. The van der Waals surface area contributed by atoms with Gasteiger partial charge in [0.15, 0.2) is 0 Å². The molecule has 0 heterocycles. The summed E-state index contributed by atoms with van der Waals surface area (Å²) in [6, 6.07) is -0.745. The Morgan fingerprint density at radius 1 is 1.00 bits per heavy atom. The number of hydrogen-bond donors (Lipinski definition) is 1. The molecule has 2 N–H and O–H groups in total. The van der Waals surface area contributed by atoms with E-state index in [9.17, 15) is 9.59 Å². The van der Waals surface area contributed by atoms with Crippen molar-refractivity contribution in [3.05, 3.63) is 0 Å². The second-order valence-electron chi connectivity index (χ2n) is 6.27. The Labute approximate surface area is 111 Å². The van der Waals surface area contributed by atoms with E-state index >= 15 is 0 Å². The smallest absolute Gasteiger partial charge is 0.309 e. The predicted octanol–water partition coefficient (Wildman–Crippen LogP) is 1.85. The third kappa shape index (κ3) is 9.37. The van der Waals surface area contributed by atoms with Crippen LogP contribution in [0.25, 0.3) is 0 Å². The van der Waals surface area contributed by atoms with Gasteiger partial charge in [-0.1, -0.05) is 0 Å². The number of hydrogen-bond acceptors (Lipinski definition) is 5. The van der Waals surface area contributed by atoms with Gasteiger partial charge in [0.1, 0.15) is 6.04 Å². The van der Waals surface area contributed by atoms with Crippen LogP contribution in [0.5, 0.6) is 0 Å². The fourth-order valence-electron chi connectivity index (χ4n) is 1.16. The van der Waals surface area contributed by atoms with Crippen LogP contribution in [-0.4, -0.2) is 34.6 Å². The lowest BCUT2D eigenvalue weighted by atomic mass is 10.2. The van der Waals surface area contributed by atoms with Gasteiger partial charge in [-0.05, 0) is 45.7 Å². The number of carbonyl (C=O) groups excluding carboxylic acids is 2. The van der Waals surface area contributed by atoms with E-state index in [1.165, 1.54) is 0 Å². The maximum absolute atomic E-state index is 11.6. The van der Waals surface area contributed by atoms with Crippen LogP contribution in [-0.2, 0) is 18.4 Å². The highest BCUT2D eigenvalue weighted by Gasteiger charge is 2.25. The zero-order chi connectivity index (χ0) is 14.6. The molecule has 0 aromatic rings. The first-order chi connectivity index (χ1) is 7.91. The first-order valence-corrected chi connectivity index (χ1v) is 12.9. The van der Waals surface area contributed by atoms with Crippen molar-refractivity contribution in [1.29, 1.82) is 0 Å². The fourth-order valence-corrected chi connectivity index (χ4v) is 2.70. The molecule has 0 rings (SSSR count). The Kier molecular flexibility index (Phi) is 6.25. The van der Waals surface area contributed by atoms with Crippen LogP contribution in [0.1, 0.15) is 12.8 Å². The molecule has 0 saturated carbocycles. The lowest BCUT2D eigenvalue weighted by Gasteiger charge is -2.21. The Morgan fingerprint density at radius 2 is 1.44 bits per heavy atom. The van der Waals surface area contributed by atoms with Gasteiger partial charge in [-0.25, -0.2) is 0 Å². The van der Waals surface area contributed by atoms with Gasteiger partial charge in [-0.3, -0.25) is 9.59 Å². The van der Waals surface area contributed by atoms with E-state index in [4.69, 9.17) is 14.6 Å². The van der Waals surface area contributed by atoms with Crippen LogP contribution in [0, 0.1) is 0 Å². The van der Waals surface area contributed by atoms with E-state index in [0.717, 1.165) is 0 Å². The molecule has 106 valence electrons. The van der Waals surface area contributed by atoms with Gasteiger partial charge in [0.2, 0.25) is 16.6 Å². The molecule has 18 heavy (non-hydrogen) atoms. The molecule has 0 aliphatic heterocycles. The molecule has 0 bridgehead atoms. The summed E-state index contributed by atoms with van der Waals surface area (Å²) in [5.74, 6) is -0.708. The summed E-state index contributed by atoms with van der Waals surface area (Å²) in [5, 5.41) is 0. The summed E-state index contributed by atoms with van der Waals surface area (Å²) in [5.41, 5.74) is 5.69. The molecule has 7 heteroatoms. The second-order valence-corrected chi connectivity index (χ2v) is 15.1. The Balaban J connectivity index is 4.07. The van der Waals surface area contributed by atoms with Gasteiger partial charge in [0.05, 0.1) is 0 Å². The topological polar surface area (TPSA) is 78.6 Å². The third-order valence-electron chi connectivity index (χ3n) is 1.79. The van der Waals surface area contributed by atoms with Crippen molar-refractivity contribution in [1.82, 2.24) is 0 Å². The van der Waals surface area contributed by atoms with Gasteiger partial charge in [-0.2, -0.15) is 0 Å². The predicted molar refractivity (Wildman–Crippen MR) is 76.1 cm³/mol. The minimum atomic E-state index is -1.92. The lowest BCUT2D eigenvalue weighted by Crippen LogP contribution is -2.40. The number of nitrogens with two attached hydrogens (primary N) is 1. The van der Waals surface area contributed by atoms with Crippen LogP contribution in [0.15, 0.2) is 0 Å². The van der Waals surface area contributed by atoms with Crippen molar-refractivity contribution in [2.24, 2.45) is 5.73 Å². The maximum atomic E-state index is 11.6. The van der Waals surface area contributed by atoms with Crippen molar-refractivity contribution in [2.75, 3.05) is 0 Å². The van der Waals surface area contributed by atoms with Crippen LogP contribution >= 0.6 is 0 Å². The summed E-state index contributed by atoms with van der Waals surface area (Å²) in [6.45, 7) is 11.5. The van der Waals surface area contributed by atoms with Crippen molar-refractivity contribution < 1.29 is 18.4 Å². The fraction of sp³-hybridized carbons (Fsp3) is 0.818. The summed E-state index contributed by atoms with van der Waals surface area (Å²) < 4.78 is 10.5. The molecule has 0 aliphatic rings. The molecule has 0 fully saturated rings. The standard InChI is InChI=1S/C11H25NO4Si2/c1-17(2,3)15-10(13)8-7-9(12)11(14)16-18(4,5)6/h9H,7-8,12H2,1-6H3. The molecule has 0 saturated heterocycles. The highest BCUT2D eigenvalue weighted by Crippen LogP contribution is 2.09. The van der Waals surface area contributed by atoms with Gasteiger partial charge in [-0.15, -0.1) is 0 Å². The van der Waals surface area contributed by atoms with Gasteiger partial charge in [0, 0.05) is 6.42 Å². The SMILES string of the molecule is C[Si](C)(C)OC(=O)CCC(N)C(=O)O[Si](C)(C)C. The van der Waals surface area contributed by atoms with Crippen molar-refractivity contribution in [3.8, 4) is 0 Å². The Morgan fingerprint density at radius 3 is 1.83 bits per heavy atom. The van der Waals surface area contributed by atoms with Gasteiger partial charge < -0.3 is 14.6 Å². The van der Waals surface area contributed by atoms with Crippen molar-refractivity contribution in [3.63, 3.8) is 0 Å². The molecule has 0 aromatic carbocycles. The number of carbonyl (C=O) groups is 2. The number of rotatable bonds is 6. The zero-order valence-corrected chi connectivity index (χ0v) is 14.2. The average molecular weight is 291 g/mol. The van der Waals surface area contributed by atoms with Crippen molar-refractivity contribution in [2.45, 2.75) is 58.2 Å². The first kappa shape index (κ1) is 17.3. The normalized spacial score (nSPS) is 13.9. The lowest BCUT2D eigenvalue weighted by molar-refractivity contribution is -0.137. The highest BCUT2D eigenvalue weighted by atomic mass is 28.4. The third-order valence-corrected chi connectivity index (χ3v) is 3.44. The van der Waals surface area contributed by atoms with E-state index in [0.29, 0.717) is 0 Å². The molecule has 1 atom stereocenters. The summed E-state index contributed by atoms with van der Waals surface area (Å²) in [6.07, 6.45) is 0.429.